The van der Waals surface area contributed by atoms with E-state index in [1.54, 1.807) is 0 Å². The zero-order valence-corrected chi connectivity index (χ0v) is 11.8. The van der Waals surface area contributed by atoms with E-state index in [1.165, 1.54) is 0 Å². The van der Waals surface area contributed by atoms with Crippen molar-refractivity contribution in [2.45, 2.75) is 32.7 Å². The first kappa shape index (κ1) is 13.8. The number of aromatic nitrogens is 2. The summed E-state index contributed by atoms with van der Waals surface area (Å²) in [6.45, 7) is 9.25. The minimum absolute atomic E-state index is 0.509. The molecule has 0 fully saturated rings. The third-order valence-corrected chi connectivity index (χ3v) is 3.65. The molecule has 0 aliphatic heterocycles. The van der Waals surface area contributed by atoms with Gasteiger partial charge in [-0.05, 0) is 31.4 Å². The molecule has 1 N–H and O–H groups in total. The Kier molecular flexibility index (Phi) is 4.74. The molecule has 0 aliphatic rings. The molecule has 19 heavy (non-hydrogen) atoms. The van der Waals surface area contributed by atoms with Gasteiger partial charge in [0, 0.05) is 31.4 Å². The SMILES string of the molecule is C=CC[C@H](C)[C@@H](C)NCCc1cn2ccccc2n1. The van der Waals surface area contributed by atoms with Gasteiger partial charge in [0.1, 0.15) is 5.65 Å². The molecule has 2 atom stereocenters. The van der Waals surface area contributed by atoms with Crippen LogP contribution in [0.4, 0.5) is 0 Å². The Hall–Kier alpha value is -1.61. The maximum atomic E-state index is 4.60. The van der Waals surface area contributed by atoms with Gasteiger partial charge in [-0.1, -0.05) is 19.1 Å². The largest absolute Gasteiger partial charge is 0.314 e. The molecule has 3 nitrogen and oxygen atoms in total. The second-order valence-corrected chi connectivity index (χ2v) is 5.19. The van der Waals surface area contributed by atoms with Crippen molar-refractivity contribution in [1.29, 1.82) is 0 Å². The van der Waals surface area contributed by atoms with E-state index in [2.05, 4.69) is 41.3 Å². The van der Waals surface area contributed by atoms with Crippen LogP contribution in [0.1, 0.15) is 26.0 Å². The van der Waals surface area contributed by atoms with E-state index in [0.29, 0.717) is 12.0 Å². The summed E-state index contributed by atoms with van der Waals surface area (Å²) in [7, 11) is 0. The molecule has 0 saturated carbocycles. The lowest BCUT2D eigenvalue weighted by Crippen LogP contribution is -2.33. The summed E-state index contributed by atoms with van der Waals surface area (Å²) in [4.78, 5) is 4.60. The highest BCUT2D eigenvalue weighted by molar-refractivity contribution is 5.39. The van der Waals surface area contributed by atoms with Gasteiger partial charge in [0.25, 0.3) is 0 Å². The van der Waals surface area contributed by atoms with E-state index in [1.807, 2.05) is 30.5 Å². The second-order valence-electron chi connectivity index (χ2n) is 5.19. The Bertz CT molecular complexity index is 497. The van der Waals surface area contributed by atoms with Gasteiger partial charge in [0.05, 0.1) is 5.69 Å². The smallest absolute Gasteiger partial charge is 0.136 e. The molecule has 2 rings (SSSR count). The van der Waals surface area contributed by atoms with Gasteiger partial charge in [-0.3, -0.25) is 0 Å². The molecular formula is C16H23N3. The monoisotopic (exact) mass is 257 g/mol. The number of hydrogen-bond acceptors (Lipinski definition) is 2. The number of nitrogens with zero attached hydrogens (tertiary/aromatic N) is 2. The third-order valence-electron chi connectivity index (χ3n) is 3.65. The van der Waals surface area contributed by atoms with Crippen LogP contribution < -0.4 is 5.32 Å². The average molecular weight is 257 g/mol. The van der Waals surface area contributed by atoms with Gasteiger partial charge < -0.3 is 9.72 Å². The Labute approximate surface area is 115 Å². The second kappa shape index (κ2) is 6.53. The summed E-state index contributed by atoms with van der Waals surface area (Å²) in [6, 6.07) is 6.58. The molecule has 0 saturated heterocycles. The van der Waals surface area contributed by atoms with Crippen LogP contribution in [0.25, 0.3) is 5.65 Å². The van der Waals surface area contributed by atoms with E-state index in [4.69, 9.17) is 0 Å². The topological polar surface area (TPSA) is 29.3 Å². The summed E-state index contributed by atoms with van der Waals surface area (Å²) in [6.07, 6.45) is 8.16. The molecule has 0 aliphatic carbocycles. The van der Waals surface area contributed by atoms with Gasteiger partial charge >= 0.3 is 0 Å². The minimum Gasteiger partial charge on any atom is -0.314 e. The van der Waals surface area contributed by atoms with E-state index in [0.717, 1.165) is 30.7 Å². The van der Waals surface area contributed by atoms with E-state index < -0.39 is 0 Å². The lowest BCUT2D eigenvalue weighted by molar-refractivity contribution is 0.405. The molecule has 0 radical (unpaired) electrons. The highest BCUT2D eigenvalue weighted by Gasteiger charge is 2.09. The predicted molar refractivity (Wildman–Crippen MR) is 80.3 cm³/mol. The van der Waals surface area contributed by atoms with Crippen molar-refractivity contribution < 1.29 is 0 Å². The standard InChI is InChI=1S/C16H23N3/c1-4-7-13(2)14(3)17-10-9-15-12-19-11-6-5-8-16(19)18-15/h4-6,8,11-14,17H,1,7,9-10H2,2-3H3/t13-,14+/m0/s1. The fourth-order valence-corrected chi connectivity index (χ4v) is 2.20. The number of hydrogen-bond donors (Lipinski definition) is 1. The number of pyridine rings is 1. The van der Waals surface area contributed by atoms with Crippen molar-refractivity contribution in [1.82, 2.24) is 14.7 Å². The lowest BCUT2D eigenvalue weighted by atomic mass is 10.00. The Morgan fingerprint density at radius 2 is 2.26 bits per heavy atom. The highest BCUT2D eigenvalue weighted by atomic mass is 15.0. The molecule has 2 aromatic rings. The molecule has 2 aromatic heterocycles. The zero-order chi connectivity index (χ0) is 13.7. The van der Waals surface area contributed by atoms with Crippen LogP contribution in [-0.2, 0) is 6.42 Å². The molecule has 0 spiro atoms. The van der Waals surface area contributed by atoms with E-state index >= 15 is 0 Å². The summed E-state index contributed by atoms with van der Waals surface area (Å²) in [5.41, 5.74) is 2.16. The predicted octanol–water partition coefficient (Wildman–Crippen LogP) is 3.07. The van der Waals surface area contributed by atoms with Gasteiger partial charge in [-0.2, -0.15) is 0 Å². The van der Waals surface area contributed by atoms with Crippen molar-refractivity contribution in [2.24, 2.45) is 5.92 Å². The van der Waals surface area contributed by atoms with Gasteiger partial charge in [0.2, 0.25) is 0 Å². The van der Waals surface area contributed by atoms with Crippen LogP contribution >= 0.6 is 0 Å². The van der Waals surface area contributed by atoms with Crippen molar-refractivity contribution >= 4 is 5.65 Å². The normalized spacial score (nSPS) is 14.4. The van der Waals surface area contributed by atoms with Crippen LogP contribution in [0.3, 0.4) is 0 Å². The summed E-state index contributed by atoms with van der Waals surface area (Å²) in [5.74, 6) is 0.624. The summed E-state index contributed by atoms with van der Waals surface area (Å²) < 4.78 is 2.07. The highest BCUT2D eigenvalue weighted by Crippen LogP contribution is 2.08. The molecule has 0 aromatic carbocycles. The molecule has 2 heterocycles. The van der Waals surface area contributed by atoms with Crippen LogP contribution in [0.15, 0.2) is 43.2 Å². The third kappa shape index (κ3) is 3.67. The van der Waals surface area contributed by atoms with Crippen molar-refractivity contribution in [3.63, 3.8) is 0 Å². The first-order chi connectivity index (χ1) is 9.20. The maximum Gasteiger partial charge on any atom is 0.136 e. The Morgan fingerprint density at radius 1 is 1.42 bits per heavy atom. The van der Waals surface area contributed by atoms with Crippen LogP contribution in [-0.4, -0.2) is 22.0 Å². The number of rotatable bonds is 7. The average Bonchev–Trinajstić information content (AvgIpc) is 2.81. The Balaban J connectivity index is 1.83. The number of nitrogens with one attached hydrogen (secondary N) is 1. The first-order valence-electron chi connectivity index (χ1n) is 6.97. The van der Waals surface area contributed by atoms with E-state index in [-0.39, 0.29) is 0 Å². The molecule has 102 valence electrons. The molecular weight excluding hydrogens is 234 g/mol. The lowest BCUT2D eigenvalue weighted by Gasteiger charge is -2.19. The molecule has 0 bridgehead atoms. The van der Waals surface area contributed by atoms with Gasteiger partial charge in [0.15, 0.2) is 0 Å². The van der Waals surface area contributed by atoms with Crippen LogP contribution in [0, 0.1) is 5.92 Å². The van der Waals surface area contributed by atoms with Gasteiger partial charge in [-0.15, -0.1) is 6.58 Å². The van der Waals surface area contributed by atoms with Crippen molar-refractivity contribution in [3.05, 3.63) is 48.9 Å². The minimum atomic E-state index is 0.509. The maximum absolute atomic E-state index is 4.60. The molecule has 3 heteroatoms. The van der Waals surface area contributed by atoms with Crippen LogP contribution in [0.2, 0.25) is 0 Å². The number of fused-ring (bicyclic) bond motifs is 1. The number of imidazole rings is 1. The van der Waals surface area contributed by atoms with Crippen molar-refractivity contribution in [2.75, 3.05) is 6.54 Å². The van der Waals surface area contributed by atoms with E-state index in [9.17, 15) is 0 Å². The first-order valence-corrected chi connectivity index (χ1v) is 6.97. The zero-order valence-electron chi connectivity index (χ0n) is 11.8. The fraction of sp³-hybridized carbons (Fsp3) is 0.438. The fourth-order valence-electron chi connectivity index (χ4n) is 2.20. The van der Waals surface area contributed by atoms with Crippen molar-refractivity contribution in [3.8, 4) is 0 Å². The summed E-state index contributed by atoms with van der Waals surface area (Å²) in [5, 5.41) is 3.56. The van der Waals surface area contributed by atoms with Gasteiger partial charge in [-0.25, -0.2) is 4.98 Å². The molecule has 0 unspecified atom stereocenters. The summed E-state index contributed by atoms with van der Waals surface area (Å²) >= 11 is 0. The molecule has 0 amide bonds. The quantitative estimate of drug-likeness (QED) is 0.772. The Morgan fingerprint density at radius 3 is 3.00 bits per heavy atom. The van der Waals surface area contributed by atoms with Crippen LogP contribution in [0.5, 0.6) is 0 Å². The number of allylic oxidation sites excluding steroid dienone is 1.